The number of nitrogens with zero attached hydrogens (tertiary/aromatic N) is 4. The number of carbonyl (C=O) groups is 2. The molecule has 2 aliphatic heterocycles. The maximum Gasteiger partial charge on any atom is 0.262 e. The second-order valence-corrected chi connectivity index (χ2v) is 7.86. The van der Waals surface area contributed by atoms with E-state index in [-0.39, 0.29) is 18.4 Å². The summed E-state index contributed by atoms with van der Waals surface area (Å²) in [7, 11) is 1.66. The first-order chi connectivity index (χ1) is 16.2. The molecule has 0 aliphatic carbocycles. The van der Waals surface area contributed by atoms with Gasteiger partial charge < -0.3 is 19.3 Å². The fourth-order valence-electron chi connectivity index (χ4n) is 4.24. The number of piperazine rings is 1. The zero-order valence-electron chi connectivity index (χ0n) is 18.3. The highest BCUT2D eigenvalue weighted by Crippen LogP contribution is 2.37. The standard InChI is InChI=1S/C25H24N4O4/c1-32-22-11-5-3-8-19(22)27-13-15-28(16-14-27)23(30)17-29-20-9-6-12-26-24(20)33-21-10-4-2-7-18(21)25(29)31/h2-12H,13-17H2,1H3. The lowest BCUT2D eigenvalue weighted by Crippen LogP contribution is -2.52. The molecular formula is C25H24N4O4. The summed E-state index contributed by atoms with van der Waals surface area (Å²) in [5.74, 6) is 1.16. The number of carbonyl (C=O) groups excluding carboxylic acids is 2. The van der Waals surface area contributed by atoms with Gasteiger partial charge in [-0.1, -0.05) is 24.3 Å². The van der Waals surface area contributed by atoms with E-state index in [4.69, 9.17) is 9.47 Å². The normalized spacial score (nSPS) is 15.3. The molecule has 0 atom stereocenters. The second kappa shape index (κ2) is 8.82. The molecule has 3 aromatic rings. The summed E-state index contributed by atoms with van der Waals surface area (Å²) in [5, 5.41) is 0. The van der Waals surface area contributed by atoms with Gasteiger partial charge in [-0.05, 0) is 36.4 Å². The van der Waals surface area contributed by atoms with Gasteiger partial charge in [-0.25, -0.2) is 4.98 Å². The van der Waals surface area contributed by atoms with Crippen LogP contribution in [0, 0.1) is 0 Å². The van der Waals surface area contributed by atoms with Gasteiger partial charge in [0.2, 0.25) is 11.8 Å². The number of methoxy groups -OCH3 is 1. The number of rotatable bonds is 4. The van der Waals surface area contributed by atoms with Crippen LogP contribution < -0.4 is 19.3 Å². The number of hydrogen-bond donors (Lipinski definition) is 0. The molecule has 1 saturated heterocycles. The maximum absolute atomic E-state index is 13.4. The van der Waals surface area contributed by atoms with Crippen LogP contribution in [-0.2, 0) is 4.79 Å². The minimum absolute atomic E-state index is 0.0795. The van der Waals surface area contributed by atoms with Crippen LogP contribution in [0.3, 0.4) is 0 Å². The van der Waals surface area contributed by atoms with E-state index in [2.05, 4.69) is 9.88 Å². The van der Waals surface area contributed by atoms with Crippen LogP contribution in [0.15, 0.2) is 66.9 Å². The number of fused-ring (bicyclic) bond motifs is 2. The van der Waals surface area contributed by atoms with Crippen LogP contribution in [0.25, 0.3) is 0 Å². The molecule has 0 spiro atoms. The number of pyridine rings is 1. The molecule has 0 radical (unpaired) electrons. The van der Waals surface area contributed by atoms with Crippen molar-refractivity contribution in [3.63, 3.8) is 0 Å². The minimum atomic E-state index is -0.279. The molecule has 8 heteroatoms. The van der Waals surface area contributed by atoms with Crippen LogP contribution in [0.1, 0.15) is 10.4 Å². The molecule has 2 amide bonds. The fourth-order valence-corrected chi connectivity index (χ4v) is 4.24. The average Bonchev–Trinajstić information content (AvgIpc) is 2.98. The van der Waals surface area contributed by atoms with Gasteiger partial charge in [-0.3, -0.25) is 14.5 Å². The van der Waals surface area contributed by atoms with Crippen molar-refractivity contribution in [2.75, 3.05) is 49.6 Å². The lowest BCUT2D eigenvalue weighted by molar-refractivity contribution is -0.129. The molecule has 2 aromatic carbocycles. The van der Waals surface area contributed by atoms with E-state index < -0.39 is 0 Å². The Labute approximate surface area is 192 Å². The van der Waals surface area contributed by atoms with Gasteiger partial charge >= 0.3 is 0 Å². The summed E-state index contributed by atoms with van der Waals surface area (Å²) < 4.78 is 11.4. The summed E-state index contributed by atoms with van der Waals surface area (Å²) in [6.45, 7) is 2.41. The molecule has 0 saturated carbocycles. The topological polar surface area (TPSA) is 75.2 Å². The van der Waals surface area contributed by atoms with Crippen molar-refractivity contribution in [3.8, 4) is 17.4 Å². The molecule has 0 unspecified atom stereocenters. The lowest BCUT2D eigenvalue weighted by atomic mass is 10.1. The van der Waals surface area contributed by atoms with Gasteiger partial charge in [0.25, 0.3) is 5.91 Å². The van der Waals surface area contributed by atoms with Crippen molar-refractivity contribution in [2.24, 2.45) is 0 Å². The Balaban J connectivity index is 1.33. The lowest BCUT2D eigenvalue weighted by Gasteiger charge is -2.37. The van der Waals surface area contributed by atoms with Crippen LogP contribution in [0.4, 0.5) is 11.4 Å². The number of amides is 2. The Kier molecular flexibility index (Phi) is 5.56. The number of benzene rings is 2. The number of anilines is 2. The first-order valence-electron chi connectivity index (χ1n) is 10.8. The van der Waals surface area contributed by atoms with Gasteiger partial charge in [-0.2, -0.15) is 0 Å². The Morgan fingerprint density at radius 1 is 0.970 bits per heavy atom. The Hall–Kier alpha value is -4.07. The maximum atomic E-state index is 13.4. The van der Waals surface area contributed by atoms with Crippen LogP contribution in [0.5, 0.6) is 17.4 Å². The SMILES string of the molecule is COc1ccccc1N1CCN(C(=O)CN2C(=O)c3ccccc3Oc3ncccc32)CC1. The van der Waals surface area contributed by atoms with Crippen molar-refractivity contribution in [3.05, 3.63) is 72.4 Å². The van der Waals surface area contributed by atoms with Crippen LogP contribution in [0.2, 0.25) is 0 Å². The highest BCUT2D eigenvalue weighted by molar-refractivity contribution is 6.11. The summed E-state index contributed by atoms with van der Waals surface area (Å²) in [5.41, 5.74) is 1.91. The van der Waals surface area contributed by atoms with E-state index in [1.807, 2.05) is 24.3 Å². The monoisotopic (exact) mass is 444 g/mol. The summed E-state index contributed by atoms with van der Waals surface area (Å²) in [4.78, 5) is 36.3. The predicted octanol–water partition coefficient (Wildman–Crippen LogP) is 3.19. The molecule has 1 fully saturated rings. The average molecular weight is 444 g/mol. The number of hydrogen-bond acceptors (Lipinski definition) is 6. The van der Waals surface area contributed by atoms with Crippen LogP contribution in [-0.4, -0.2) is 61.5 Å². The van der Waals surface area contributed by atoms with Gasteiger partial charge in [0.1, 0.15) is 23.7 Å². The van der Waals surface area contributed by atoms with Crippen molar-refractivity contribution >= 4 is 23.2 Å². The number of ether oxygens (including phenoxy) is 2. The van der Waals surface area contributed by atoms with Crippen molar-refractivity contribution in [1.29, 1.82) is 0 Å². The van der Waals surface area contributed by atoms with E-state index in [9.17, 15) is 9.59 Å². The quantitative estimate of drug-likeness (QED) is 0.615. The summed E-state index contributed by atoms with van der Waals surface area (Å²) in [6, 6.07) is 18.4. The summed E-state index contributed by atoms with van der Waals surface area (Å²) in [6.07, 6.45) is 1.61. The molecule has 33 heavy (non-hydrogen) atoms. The van der Waals surface area contributed by atoms with E-state index >= 15 is 0 Å². The van der Waals surface area contributed by atoms with Gasteiger partial charge in [0.15, 0.2) is 0 Å². The Bertz CT molecular complexity index is 1190. The molecular weight excluding hydrogens is 420 g/mol. The zero-order chi connectivity index (χ0) is 22.8. The molecule has 3 heterocycles. The van der Waals surface area contributed by atoms with Crippen LogP contribution >= 0.6 is 0 Å². The third kappa shape index (κ3) is 3.95. The van der Waals surface area contributed by atoms with E-state index in [0.717, 1.165) is 11.4 Å². The first-order valence-corrected chi connectivity index (χ1v) is 10.8. The summed E-state index contributed by atoms with van der Waals surface area (Å²) >= 11 is 0. The highest BCUT2D eigenvalue weighted by Gasteiger charge is 2.32. The smallest absolute Gasteiger partial charge is 0.262 e. The van der Waals surface area contributed by atoms with Gasteiger partial charge in [0, 0.05) is 32.4 Å². The van der Waals surface area contributed by atoms with E-state index in [0.29, 0.717) is 49.1 Å². The molecule has 2 aliphatic rings. The van der Waals surface area contributed by atoms with Gasteiger partial charge in [-0.15, -0.1) is 0 Å². The molecule has 0 N–H and O–H groups in total. The van der Waals surface area contributed by atoms with E-state index in [1.165, 1.54) is 4.90 Å². The minimum Gasteiger partial charge on any atom is -0.495 e. The highest BCUT2D eigenvalue weighted by atomic mass is 16.5. The van der Waals surface area contributed by atoms with Gasteiger partial charge in [0.05, 0.1) is 18.4 Å². The predicted molar refractivity (Wildman–Crippen MR) is 124 cm³/mol. The Morgan fingerprint density at radius 2 is 1.70 bits per heavy atom. The van der Waals surface area contributed by atoms with Crippen molar-refractivity contribution in [2.45, 2.75) is 0 Å². The number of aromatic nitrogens is 1. The molecule has 5 rings (SSSR count). The van der Waals surface area contributed by atoms with Crippen molar-refractivity contribution < 1.29 is 19.1 Å². The fraction of sp³-hybridized carbons (Fsp3) is 0.240. The third-order valence-corrected chi connectivity index (χ3v) is 5.96. The van der Waals surface area contributed by atoms with E-state index in [1.54, 1.807) is 54.6 Å². The largest absolute Gasteiger partial charge is 0.495 e. The molecule has 1 aromatic heterocycles. The molecule has 168 valence electrons. The zero-order valence-corrected chi connectivity index (χ0v) is 18.3. The third-order valence-electron chi connectivity index (χ3n) is 5.96. The molecule has 8 nitrogen and oxygen atoms in total. The first kappa shape index (κ1) is 20.8. The number of para-hydroxylation sites is 3. The second-order valence-electron chi connectivity index (χ2n) is 7.86. The Morgan fingerprint density at radius 3 is 2.52 bits per heavy atom. The molecule has 0 bridgehead atoms. The van der Waals surface area contributed by atoms with Crippen molar-refractivity contribution in [1.82, 2.24) is 9.88 Å².